The third-order valence-corrected chi connectivity index (χ3v) is 5.16. The highest BCUT2D eigenvalue weighted by molar-refractivity contribution is 6.33. The molecule has 0 atom stereocenters. The number of aromatic nitrogens is 1. The summed E-state index contributed by atoms with van der Waals surface area (Å²) < 4.78 is 5.81. The number of likely N-dealkylation sites (tertiary alicyclic amines) is 1. The summed E-state index contributed by atoms with van der Waals surface area (Å²) in [5.74, 6) is 1.51. The number of nitrogens with one attached hydrogen (secondary N) is 1. The van der Waals surface area contributed by atoms with Crippen molar-refractivity contribution in [2.45, 2.75) is 25.7 Å². The molecular weight excluding hydrogens is 362 g/mol. The van der Waals surface area contributed by atoms with E-state index < -0.39 is 0 Å². The van der Waals surface area contributed by atoms with E-state index in [-0.39, 0.29) is 5.91 Å². The van der Waals surface area contributed by atoms with Crippen molar-refractivity contribution in [3.05, 3.63) is 58.9 Å². The van der Waals surface area contributed by atoms with Crippen LogP contribution >= 0.6 is 11.6 Å². The van der Waals surface area contributed by atoms with Crippen molar-refractivity contribution in [2.75, 3.05) is 25.0 Å². The van der Waals surface area contributed by atoms with Gasteiger partial charge in [0.05, 0.1) is 10.6 Å². The molecule has 1 saturated heterocycles. The number of para-hydroxylation sites is 1. The highest BCUT2D eigenvalue weighted by atomic mass is 35.5. The Morgan fingerprint density at radius 2 is 2.00 bits per heavy atom. The third kappa shape index (κ3) is 4.08. The molecule has 0 bridgehead atoms. The van der Waals surface area contributed by atoms with Crippen molar-refractivity contribution in [3.8, 4) is 0 Å². The zero-order chi connectivity index (χ0) is 18.6. The lowest BCUT2D eigenvalue weighted by Gasteiger charge is -2.26. The molecule has 27 heavy (non-hydrogen) atoms. The molecule has 0 unspecified atom stereocenters. The van der Waals surface area contributed by atoms with Gasteiger partial charge in [-0.2, -0.15) is 0 Å². The minimum atomic E-state index is 0.0120. The lowest BCUT2D eigenvalue weighted by atomic mass is 10.1. The van der Waals surface area contributed by atoms with Gasteiger partial charge in [0.25, 0.3) is 5.91 Å². The van der Waals surface area contributed by atoms with Crippen molar-refractivity contribution >= 4 is 34.3 Å². The molecule has 5 nitrogen and oxygen atoms in total. The number of furan rings is 1. The van der Waals surface area contributed by atoms with Crippen LogP contribution < -0.4 is 5.32 Å². The van der Waals surface area contributed by atoms with Gasteiger partial charge in [-0.25, -0.2) is 4.98 Å². The van der Waals surface area contributed by atoms with E-state index in [1.165, 1.54) is 6.42 Å². The molecular formula is C21H22ClN3O2. The fraction of sp³-hybridized carbons (Fsp3) is 0.333. The van der Waals surface area contributed by atoms with Gasteiger partial charge in [-0.15, -0.1) is 0 Å². The Morgan fingerprint density at radius 1 is 1.19 bits per heavy atom. The maximum Gasteiger partial charge on any atom is 0.255 e. The predicted octanol–water partition coefficient (Wildman–Crippen LogP) is 4.76. The highest BCUT2D eigenvalue weighted by Gasteiger charge is 2.19. The number of benzene rings is 1. The standard InChI is InChI=1S/C21H22ClN3O2/c22-18-13-16(21(26)25-10-4-1-5-11-25)14-24-20(18)23-9-8-17-12-15-6-2-3-7-19(15)27-17/h2-3,6-7,12-14H,1,4-5,8-11H2,(H,23,24). The van der Waals surface area contributed by atoms with Gasteiger partial charge in [0.2, 0.25) is 0 Å². The second-order valence-corrected chi connectivity index (χ2v) is 7.24. The molecule has 3 heterocycles. The van der Waals surface area contributed by atoms with Gasteiger partial charge >= 0.3 is 0 Å². The summed E-state index contributed by atoms with van der Waals surface area (Å²) in [6, 6.07) is 11.7. The summed E-state index contributed by atoms with van der Waals surface area (Å²) in [6.07, 6.45) is 5.65. The summed E-state index contributed by atoms with van der Waals surface area (Å²) in [6.45, 7) is 2.27. The van der Waals surface area contributed by atoms with Crippen molar-refractivity contribution in [1.29, 1.82) is 0 Å². The van der Waals surface area contributed by atoms with Crippen molar-refractivity contribution in [3.63, 3.8) is 0 Å². The Balaban J connectivity index is 1.37. The normalized spacial score (nSPS) is 14.5. The zero-order valence-corrected chi connectivity index (χ0v) is 15.8. The van der Waals surface area contributed by atoms with Gasteiger partial charge in [0.1, 0.15) is 17.2 Å². The second-order valence-electron chi connectivity index (χ2n) is 6.83. The van der Waals surface area contributed by atoms with E-state index in [1.54, 1.807) is 12.3 Å². The minimum absolute atomic E-state index is 0.0120. The number of nitrogens with zero attached hydrogens (tertiary/aromatic N) is 2. The van der Waals surface area contributed by atoms with Crippen molar-refractivity contribution < 1.29 is 9.21 Å². The Morgan fingerprint density at radius 3 is 2.78 bits per heavy atom. The van der Waals surface area contributed by atoms with E-state index in [0.29, 0.717) is 22.9 Å². The number of piperidine rings is 1. The van der Waals surface area contributed by atoms with Crippen molar-refractivity contribution in [2.24, 2.45) is 0 Å². The summed E-state index contributed by atoms with van der Waals surface area (Å²) in [5.41, 5.74) is 1.44. The molecule has 1 amide bonds. The topological polar surface area (TPSA) is 58.4 Å². The fourth-order valence-corrected chi connectivity index (χ4v) is 3.66. The molecule has 0 aliphatic carbocycles. The fourth-order valence-electron chi connectivity index (χ4n) is 3.43. The van der Waals surface area contributed by atoms with Crippen LogP contribution in [0.25, 0.3) is 11.0 Å². The molecule has 1 fully saturated rings. The third-order valence-electron chi connectivity index (χ3n) is 4.87. The molecule has 1 aromatic carbocycles. The Kier molecular flexibility index (Phi) is 5.30. The van der Waals surface area contributed by atoms with E-state index in [0.717, 1.165) is 49.1 Å². The van der Waals surface area contributed by atoms with E-state index in [2.05, 4.69) is 10.3 Å². The summed E-state index contributed by atoms with van der Waals surface area (Å²) in [4.78, 5) is 18.8. The first-order valence-corrected chi connectivity index (χ1v) is 9.75. The number of fused-ring (bicyclic) bond motifs is 1. The molecule has 0 saturated carbocycles. The molecule has 3 aromatic rings. The average Bonchev–Trinajstić information content (AvgIpc) is 3.12. The number of amides is 1. The monoisotopic (exact) mass is 383 g/mol. The summed E-state index contributed by atoms with van der Waals surface area (Å²) in [7, 11) is 0. The number of carbonyl (C=O) groups is 1. The van der Waals surface area contributed by atoms with Gasteiger partial charge in [-0.1, -0.05) is 29.8 Å². The molecule has 1 aliphatic heterocycles. The van der Waals surface area contributed by atoms with Crippen LogP contribution in [0.1, 0.15) is 35.4 Å². The maximum atomic E-state index is 12.5. The van der Waals surface area contributed by atoms with Crippen molar-refractivity contribution in [1.82, 2.24) is 9.88 Å². The number of halogens is 1. The smallest absolute Gasteiger partial charge is 0.255 e. The molecule has 4 rings (SSSR count). The Bertz CT molecular complexity index is 915. The molecule has 6 heteroatoms. The number of rotatable bonds is 5. The molecule has 0 spiro atoms. The van der Waals surface area contributed by atoms with Crippen LogP contribution in [0.15, 0.2) is 47.0 Å². The van der Waals surface area contributed by atoms with Gasteiger partial charge in [-0.3, -0.25) is 4.79 Å². The highest BCUT2D eigenvalue weighted by Crippen LogP contribution is 2.23. The Labute approximate surface area is 163 Å². The average molecular weight is 384 g/mol. The first kappa shape index (κ1) is 17.9. The van der Waals surface area contributed by atoms with Crippen LogP contribution in [0.5, 0.6) is 0 Å². The van der Waals surface area contributed by atoms with Crippen LogP contribution in [0.2, 0.25) is 5.02 Å². The quantitative estimate of drug-likeness (QED) is 0.690. The first-order valence-electron chi connectivity index (χ1n) is 9.37. The molecule has 0 radical (unpaired) electrons. The van der Waals surface area contributed by atoms with Gasteiger partial charge < -0.3 is 14.6 Å². The molecule has 1 N–H and O–H groups in total. The number of pyridine rings is 1. The van der Waals surface area contributed by atoms with Crippen LogP contribution in [0, 0.1) is 0 Å². The molecule has 140 valence electrons. The summed E-state index contributed by atoms with van der Waals surface area (Å²) >= 11 is 6.34. The minimum Gasteiger partial charge on any atom is -0.461 e. The predicted molar refractivity (Wildman–Crippen MR) is 107 cm³/mol. The number of hydrogen-bond donors (Lipinski definition) is 1. The van der Waals surface area contributed by atoms with Gasteiger partial charge in [0.15, 0.2) is 0 Å². The van der Waals surface area contributed by atoms with E-state index >= 15 is 0 Å². The maximum absolute atomic E-state index is 12.5. The van der Waals surface area contributed by atoms with Crippen LogP contribution in [0.3, 0.4) is 0 Å². The second kappa shape index (κ2) is 8.01. The SMILES string of the molecule is O=C(c1cnc(NCCc2cc3ccccc3o2)c(Cl)c1)N1CCCCC1. The largest absolute Gasteiger partial charge is 0.461 e. The molecule has 1 aliphatic rings. The van der Waals surface area contributed by atoms with Crippen LogP contribution in [0.4, 0.5) is 5.82 Å². The van der Waals surface area contributed by atoms with E-state index in [1.807, 2.05) is 35.2 Å². The lowest BCUT2D eigenvalue weighted by Crippen LogP contribution is -2.35. The number of carbonyl (C=O) groups excluding carboxylic acids is 1. The van der Waals surface area contributed by atoms with E-state index in [4.69, 9.17) is 16.0 Å². The number of anilines is 1. The van der Waals surface area contributed by atoms with Gasteiger partial charge in [0, 0.05) is 37.6 Å². The number of hydrogen-bond acceptors (Lipinski definition) is 4. The zero-order valence-electron chi connectivity index (χ0n) is 15.1. The Hall–Kier alpha value is -2.53. The van der Waals surface area contributed by atoms with Gasteiger partial charge in [-0.05, 0) is 37.5 Å². The first-order chi connectivity index (χ1) is 13.2. The molecule has 2 aromatic heterocycles. The lowest BCUT2D eigenvalue weighted by molar-refractivity contribution is 0.0724. The summed E-state index contributed by atoms with van der Waals surface area (Å²) in [5, 5.41) is 4.79. The van der Waals surface area contributed by atoms with Crippen LogP contribution in [-0.2, 0) is 6.42 Å². The van der Waals surface area contributed by atoms with Crippen LogP contribution in [-0.4, -0.2) is 35.4 Å². The van der Waals surface area contributed by atoms with E-state index in [9.17, 15) is 4.79 Å².